The molecule has 0 unspecified atom stereocenters. The fraction of sp³-hybridized carbons (Fsp3) is 0.160. The number of aromatic nitrogens is 2. The minimum atomic E-state index is -0.340. The molecule has 0 spiro atoms. The molecule has 0 bridgehead atoms. The predicted octanol–water partition coefficient (Wildman–Crippen LogP) is 5.58. The number of hydrogen-bond donors (Lipinski definition) is 1. The molecule has 4 rings (SSSR count). The number of thiophene rings is 1. The molecule has 1 amide bonds. The lowest BCUT2D eigenvalue weighted by molar-refractivity contribution is -0.113. The smallest absolute Gasteiger partial charge is 0.263 e. The van der Waals surface area contributed by atoms with Gasteiger partial charge in [0.15, 0.2) is 5.16 Å². The van der Waals surface area contributed by atoms with Gasteiger partial charge in [-0.3, -0.25) is 14.2 Å². The number of carbonyl (C=O) groups is 1. The number of carbonyl (C=O) groups excluding carboxylic acids is 1. The molecule has 0 radical (unpaired) electrons. The van der Waals surface area contributed by atoms with E-state index in [-0.39, 0.29) is 29.6 Å². The zero-order chi connectivity index (χ0) is 24.1. The summed E-state index contributed by atoms with van der Waals surface area (Å²) in [5.74, 6) is 0.259. The number of benzene rings is 2. The van der Waals surface area contributed by atoms with E-state index in [2.05, 4.69) is 16.9 Å². The Morgan fingerprint density at radius 1 is 1.24 bits per heavy atom. The second-order valence-electron chi connectivity index (χ2n) is 7.23. The molecule has 0 saturated heterocycles. The zero-order valence-electron chi connectivity index (χ0n) is 18.4. The summed E-state index contributed by atoms with van der Waals surface area (Å²) in [5.41, 5.74) is 1.88. The van der Waals surface area contributed by atoms with Crippen molar-refractivity contribution in [3.8, 4) is 16.9 Å². The van der Waals surface area contributed by atoms with Crippen LogP contribution in [-0.4, -0.2) is 27.8 Å². The Morgan fingerprint density at radius 2 is 1.97 bits per heavy atom. The minimum Gasteiger partial charge on any atom is -0.494 e. The number of nitrogens with zero attached hydrogens (tertiary/aromatic N) is 2. The lowest BCUT2D eigenvalue weighted by Crippen LogP contribution is -2.23. The van der Waals surface area contributed by atoms with Gasteiger partial charge in [-0.15, -0.1) is 17.9 Å². The van der Waals surface area contributed by atoms with Crippen molar-refractivity contribution in [2.75, 3.05) is 17.7 Å². The van der Waals surface area contributed by atoms with E-state index in [1.54, 1.807) is 42.5 Å². The van der Waals surface area contributed by atoms with Crippen LogP contribution in [-0.2, 0) is 11.3 Å². The number of nitrogens with one attached hydrogen (secondary N) is 1. The number of ether oxygens (including phenoxy) is 1. The molecular weight excluding hydrogens is 473 g/mol. The van der Waals surface area contributed by atoms with E-state index >= 15 is 0 Å². The van der Waals surface area contributed by atoms with Crippen LogP contribution in [0.5, 0.6) is 5.75 Å². The molecule has 2 aromatic carbocycles. The van der Waals surface area contributed by atoms with Crippen molar-refractivity contribution in [2.24, 2.45) is 0 Å². The van der Waals surface area contributed by atoms with E-state index in [9.17, 15) is 14.0 Å². The van der Waals surface area contributed by atoms with Gasteiger partial charge in [0.05, 0.1) is 17.7 Å². The highest BCUT2D eigenvalue weighted by atomic mass is 32.2. The summed E-state index contributed by atoms with van der Waals surface area (Å²) in [6.45, 7) is 6.47. The van der Waals surface area contributed by atoms with Gasteiger partial charge in [-0.05, 0) is 48.9 Å². The van der Waals surface area contributed by atoms with E-state index < -0.39 is 0 Å². The summed E-state index contributed by atoms with van der Waals surface area (Å²) < 4.78 is 20.3. The number of halogens is 1. The summed E-state index contributed by atoms with van der Waals surface area (Å²) in [4.78, 5) is 31.1. The molecule has 0 aliphatic carbocycles. The van der Waals surface area contributed by atoms with Crippen LogP contribution in [0.15, 0.2) is 76.5 Å². The molecule has 0 fully saturated rings. The van der Waals surface area contributed by atoms with Crippen molar-refractivity contribution in [3.05, 3.63) is 82.7 Å². The van der Waals surface area contributed by atoms with Crippen LogP contribution in [0.3, 0.4) is 0 Å². The summed E-state index contributed by atoms with van der Waals surface area (Å²) in [6.07, 6.45) is 1.61. The van der Waals surface area contributed by atoms with Gasteiger partial charge in [-0.2, -0.15) is 0 Å². The third-order valence-corrected chi connectivity index (χ3v) is 6.76. The molecule has 0 saturated carbocycles. The number of rotatable bonds is 9. The Kier molecular flexibility index (Phi) is 7.44. The molecule has 6 nitrogen and oxygen atoms in total. The fourth-order valence-electron chi connectivity index (χ4n) is 3.38. The van der Waals surface area contributed by atoms with Crippen molar-refractivity contribution in [1.29, 1.82) is 0 Å². The van der Waals surface area contributed by atoms with Crippen LogP contribution in [0.2, 0.25) is 0 Å². The van der Waals surface area contributed by atoms with Crippen molar-refractivity contribution in [1.82, 2.24) is 9.55 Å². The molecule has 0 atom stereocenters. The van der Waals surface area contributed by atoms with Crippen LogP contribution < -0.4 is 15.6 Å². The lowest BCUT2D eigenvalue weighted by Gasteiger charge is -2.11. The number of anilines is 1. The SMILES string of the molecule is C=CCn1c(SCC(=O)Nc2ccc(OCC)cc2)nc2scc(-c3ccc(F)cc3)c2c1=O. The van der Waals surface area contributed by atoms with Crippen LogP contribution in [0.1, 0.15) is 6.92 Å². The Hall–Kier alpha value is -3.43. The largest absolute Gasteiger partial charge is 0.494 e. The minimum absolute atomic E-state index is 0.0818. The first-order valence-corrected chi connectivity index (χ1v) is 12.4. The van der Waals surface area contributed by atoms with Gasteiger partial charge >= 0.3 is 0 Å². The Morgan fingerprint density at radius 3 is 2.65 bits per heavy atom. The average molecular weight is 496 g/mol. The fourth-order valence-corrected chi connectivity index (χ4v) is 5.17. The molecule has 34 heavy (non-hydrogen) atoms. The highest BCUT2D eigenvalue weighted by Crippen LogP contribution is 2.32. The van der Waals surface area contributed by atoms with Crippen molar-refractivity contribution in [2.45, 2.75) is 18.6 Å². The van der Waals surface area contributed by atoms with Gasteiger partial charge < -0.3 is 10.1 Å². The summed E-state index contributed by atoms with van der Waals surface area (Å²) >= 11 is 2.53. The summed E-state index contributed by atoms with van der Waals surface area (Å²) in [5, 5.41) is 5.59. The molecule has 0 aliphatic rings. The maximum atomic E-state index is 13.4. The Bertz CT molecular complexity index is 1380. The van der Waals surface area contributed by atoms with Crippen molar-refractivity contribution in [3.63, 3.8) is 0 Å². The molecule has 0 aliphatic heterocycles. The average Bonchev–Trinajstić information content (AvgIpc) is 3.26. The van der Waals surface area contributed by atoms with Crippen LogP contribution in [0, 0.1) is 5.82 Å². The van der Waals surface area contributed by atoms with Gasteiger partial charge in [0.1, 0.15) is 16.4 Å². The third-order valence-electron chi connectivity index (χ3n) is 4.91. The van der Waals surface area contributed by atoms with Crippen LogP contribution in [0.25, 0.3) is 21.3 Å². The second-order valence-corrected chi connectivity index (χ2v) is 9.03. The number of amides is 1. The first kappa shape index (κ1) is 23.7. The van der Waals surface area contributed by atoms with Gasteiger partial charge in [0.2, 0.25) is 5.91 Å². The first-order valence-electron chi connectivity index (χ1n) is 10.5. The van der Waals surface area contributed by atoms with E-state index in [0.29, 0.717) is 33.2 Å². The number of hydrogen-bond acceptors (Lipinski definition) is 6. The van der Waals surface area contributed by atoms with E-state index in [1.165, 1.54) is 39.8 Å². The van der Waals surface area contributed by atoms with Gasteiger partial charge in [-0.25, -0.2) is 9.37 Å². The van der Waals surface area contributed by atoms with Crippen LogP contribution in [0.4, 0.5) is 10.1 Å². The quantitative estimate of drug-likeness (QED) is 0.186. The highest BCUT2D eigenvalue weighted by molar-refractivity contribution is 7.99. The molecular formula is C25H22FN3O3S2. The molecule has 2 heterocycles. The predicted molar refractivity (Wildman–Crippen MR) is 136 cm³/mol. The van der Waals surface area contributed by atoms with Crippen molar-refractivity contribution < 1.29 is 13.9 Å². The zero-order valence-corrected chi connectivity index (χ0v) is 20.0. The summed E-state index contributed by atoms with van der Waals surface area (Å²) in [7, 11) is 0. The van der Waals surface area contributed by atoms with Crippen molar-refractivity contribution >= 4 is 44.9 Å². The molecule has 9 heteroatoms. The Labute approximate surface area is 204 Å². The van der Waals surface area contributed by atoms with Gasteiger partial charge in [0.25, 0.3) is 5.56 Å². The Balaban J connectivity index is 1.56. The number of thioether (sulfide) groups is 1. The first-order chi connectivity index (χ1) is 16.5. The number of fused-ring (bicyclic) bond motifs is 1. The highest BCUT2D eigenvalue weighted by Gasteiger charge is 2.18. The molecule has 174 valence electrons. The topological polar surface area (TPSA) is 73.2 Å². The van der Waals surface area contributed by atoms with Gasteiger partial charge in [-0.1, -0.05) is 30.0 Å². The third kappa shape index (κ3) is 5.21. The molecule has 2 aromatic heterocycles. The van der Waals surface area contributed by atoms with E-state index in [0.717, 1.165) is 11.3 Å². The monoisotopic (exact) mass is 495 g/mol. The number of allylic oxidation sites excluding steroid dienone is 1. The second kappa shape index (κ2) is 10.7. The lowest BCUT2D eigenvalue weighted by atomic mass is 10.1. The van der Waals surface area contributed by atoms with E-state index in [4.69, 9.17) is 4.74 Å². The molecule has 4 aromatic rings. The standard InChI is InChI=1S/C25H22FN3O3S2/c1-3-13-29-24(31)22-20(16-5-7-17(26)8-6-16)14-33-23(22)28-25(29)34-15-21(30)27-18-9-11-19(12-10-18)32-4-2/h3,5-12,14H,1,4,13,15H2,2H3,(H,27,30). The van der Waals surface area contributed by atoms with Crippen LogP contribution >= 0.6 is 23.1 Å². The summed E-state index contributed by atoms with van der Waals surface area (Å²) in [6, 6.07) is 13.1. The normalized spacial score (nSPS) is 10.9. The maximum Gasteiger partial charge on any atom is 0.263 e. The van der Waals surface area contributed by atoms with Gasteiger partial charge in [0, 0.05) is 23.2 Å². The molecule has 1 N–H and O–H groups in total. The maximum absolute atomic E-state index is 13.4. The van der Waals surface area contributed by atoms with E-state index in [1.807, 2.05) is 12.3 Å².